The van der Waals surface area contributed by atoms with Gasteiger partial charge in [0.25, 0.3) is 0 Å². The van der Waals surface area contributed by atoms with Crippen molar-refractivity contribution >= 4 is 11.5 Å². The van der Waals surface area contributed by atoms with Crippen molar-refractivity contribution < 1.29 is 13.2 Å². The van der Waals surface area contributed by atoms with Gasteiger partial charge in [0.1, 0.15) is 5.82 Å². The van der Waals surface area contributed by atoms with Crippen LogP contribution in [0.4, 0.5) is 24.7 Å². The maximum absolute atomic E-state index is 13.1. The molecule has 1 atom stereocenters. The summed E-state index contributed by atoms with van der Waals surface area (Å²) < 4.78 is 40.9. The number of nitrogen functional groups attached to an aromatic ring is 1. The Bertz CT molecular complexity index is 633. The van der Waals surface area contributed by atoms with Crippen molar-refractivity contribution in [3.05, 3.63) is 41.6 Å². The molecule has 3 rings (SSSR count). The number of anilines is 2. The zero-order valence-electron chi connectivity index (χ0n) is 10.5. The maximum atomic E-state index is 13.1. The van der Waals surface area contributed by atoms with Gasteiger partial charge in [-0.3, -0.25) is 0 Å². The fourth-order valence-electron chi connectivity index (χ4n) is 2.58. The summed E-state index contributed by atoms with van der Waals surface area (Å²) in [6.45, 7) is 0.562. The van der Waals surface area contributed by atoms with Crippen LogP contribution in [0.5, 0.6) is 0 Å². The Morgan fingerprint density at radius 3 is 2.80 bits per heavy atom. The van der Waals surface area contributed by atoms with E-state index in [0.717, 1.165) is 6.07 Å². The number of fused-ring (bicyclic) bond motifs is 1. The fourth-order valence-corrected chi connectivity index (χ4v) is 2.58. The maximum Gasteiger partial charge on any atom is 0.416 e. The van der Waals surface area contributed by atoms with Gasteiger partial charge in [0.05, 0.1) is 23.5 Å². The van der Waals surface area contributed by atoms with Crippen LogP contribution in [-0.2, 0) is 6.18 Å². The summed E-state index contributed by atoms with van der Waals surface area (Å²) in [4.78, 5) is 0. The molecule has 0 saturated carbocycles. The van der Waals surface area contributed by atoms with E-state index in [1.54, 1.807) is 6.07 Å². The molecule has 0 bridgehead atoms. The molecule has 106 valence electrons. The second-order valence-corrected chi connectivity index (χ2v) is 4.71. The summed E-state index contributed by atoms with van der Waals surface area (Å²) in [5.41, 5.74) is 5.81. The lowest BCUT2D eigenvalue weighted by atomic mass is 9.96. The van der Waals surface area contributed by atoms with Crippen molar-refractivity contribution in [2.75, 3.05) is 17.6 Å². The average molecular weight is 282 g/mol. The number of rotatable bonds is 1. The van der Waals surface area contributed by atoms with Gasteiger partial charge in [-0.25, -0.2) is 4.68 Å². The molecule has 2 heterocycles. The second kappa shape index (κ2) is 4.43. The van der Waals surface area contributed by atoms with Crippen molar-refractivity contribution in [3.8, 4) is 0 Å². The number of halogens is 3. The third kappa shape index (κ3) is 1.99. The monoisotopic (exact) mass is 282 g/mol. The van der Waals surface area contributed by atoms with Crippen LogP contribution in [0.1, 0.15) is 23.6 Å². The van der Waals surface area contributed by atoms with Gasteiger partial charge in [0, 0.05) is 6.54 Å². The molecule has 7 heteroatoms. The van der Waals surface area contributed by atoms with Crippen LogP contribution in [0, 0.1) is 0 Å². The van der Waals surface area contributed by atoms with Crippen LogP contribution in [0.2, 0.25) is 0 Å². The lowest BCUT2D eigenvalue weighted by Crippen LogP contribution is -2.26. The van der Waals surface area contributed by atoms with Crippen molar-refractivity contribution in [1.29, 1.82) is 0 Å². The molecule has 1 aliphatic heterocycles. The van der Waals surface area contributed by atoms with Gasteiger partial charge < -0.3 is 11.1 Å². The molecule has 1 aromatic carbocycles. The summed E-state index contributed by atoms with van der Waals surface area (Å²) in [7, 11) is 0. The van der Waals surface area contributed by atoms with Gasteiger partial charge in [0.15, 0.2) is 0 Å². The molecule has 4 nitrogen and oxygen atoms in total. The summed E-state index contributed by atoms with van der Waals surface area (Å²) >= 11 is 0. The number of benzene rings is 1. The molecule has 0 aliphatic carbocycles. The molecule has 20 heavy (non-hydrogen) atoms. The predicted octanol–water partition coefficient (Wildman–Crippen LogP) is 2.89. The Balaban J connectivity index is 2.12. The Morgan fingerprint density at radius 1 is 1.30 bits per heavy atom. The van der Waals surface area contributed by atoms with E-state index >= 15 is 0 Å². The molecule has 1 aromatic heterocycles. The van der Waals surface area contributed by atoms with E-state index in [-0.39, 0.29) is 5.56 Å². The number of alkyl halides is 3. The second-order valence-electron chi connectivity index (χ2n) is 4.71. The Morgan fingerprint density at radius 2 is 2.05 bits per heavy atom. The zero-order chi connectivity index (χ0) is 14.3. The Hall–Kier alpha value is -2.18. The fraction of sp³-hybridized carbons (Fsp3) is 0.308. The molecule has 0 radical (unpaired) electrons. The summed E-state index contributed by atoms with van der Waals surface area (Å²) in [6, 6.07) is 5.15. The van der Waals surface area contributed by atoms with Crippen LogP contribution in [-0.4, -0.2) is 16.3 Å². The molecule has 1 unspecified atom stereocenters. The van der Waals surface area contributed by atoms with E-state index in [1.807, 2.05) is 0 Å². The first kappa shape index (κ1) is 12.8. The normalized spacial score (nSPS) is 18.4. The van der Waals surface area contributed by atoms with Crippen molar-refractivity contribution in [3.63, 3.8) is 0 Å². The minimum atomic E-state index is -4.37. The van der Waals surface area contributed by atoms with E-state index in [4.69, 9.17) is 5.73 Å². The van der Waals surface area contributed by atoms with Gasteiger partial charge in [0.2, 0.25) is 0 Å². The highest BCUT2D eigenvalue weighted by molar-refractivity contribution is 5.62. The van der Waals surface area contributed by atoms with E-state index in [2.05, 4.69) is 10.4 Å². The molecule has 0 spiro atoms. The highest BCUT2D eigenvalue weighted by atomic mass is 19.4. The van der Waals surface area contributed by atoms with Crippen LogP contribution >= 0.6 is 0 Å². The van der Waals surface area contributed by atoms with Gasteiger partial charge in [-0.15, -0.1) is 0 Å². The van der Waals surface area contributed by atoms with Crippen molar-refractivity contribution in [1.82, 2.24) is 9.78 Å². The predicted molar refractivity (Wildman–Crippen MR) is 69.3 cm³/mol. The van der Waals surface area contributed by atoms with E-state index in [1.165, 1.54) is 23.0 Å². The van der Waals surface area contributed by atoms with Crippen LogP contribution in [0.15, 0.2) is 30.5 Å². The highest BCUT2D eigenvalue weighted by Crippen LogP contribution is 2.39. The topological polar surface area (TPSA) is 55.9 Å². The number of aromatic nitrogens is 2. The number of nitrogens with one attached hydrogen (secondary N) is 1. The van der Waals surface area contributed by atoms with E-state index < -0.39 is 17.8 Å². The first-order valence-electron chi connectivity index (χ1n) is 6.21. The smallest absolute Gasteiger partial charge is 0.394 e. The molecule has 0 saturated heterocycles. The Labute approximate surface area is 113 Å². The standard InChI is InChI=1S/C13H13F3N4/c14-13(15,16)9-4-2-1-3-8(9)11-5-6-18-12-10(17)7-19-20(11)12/h1-4,7,11,18H,5-6,17H2. The largest absolute Gasteiger partial charge is 0.416 e. The number of hydrogen-bond donors (Lipinski definition) is 2. The summed E-state index contributed by atoms with van der Waals surface area (Å²) in [5, 5.41) is 7.16. The average Bonchev–Trinajstić information content (AvgIpc) is 2.80. The quantitative estimate of drug-likeness (QED) is 0.845. The first-order chi connectivity index (χ1) is 9.48. The van der Waals surface area contributed by atoms with Gasteiger partial charge in [-0.1, -0.05) is 18.2 Å². The van der Waals surface area contributed by atoms with Gasteiger partial charge >= 0.3 is 6.18 Å². The van der Waals surface area contributed by atoms with Crippen molar-refractivity contribution in [2.45, 2.75) is 18.6 Å². The lowest BCUT2D eigenvalue weighted by Gasteiger charge is -2.28. The van der Waals surface area contributed by atoms with E-state index in [0.29, 0.717) is 24.5 Å². The Kier molecular flexibility index (Phi) is 2.84. The zero-order valence-corrected chi connectivity index (χ0v) is 10.5. The summed E-state index contributed by atoms with van der Waals surface area (Å²) in [5.74, 6) is 0.582. The van der Waals surface area contributed by atoms with Gasteiger partial charge in [-0.2, -0.15) is 18.3 Å². The minimum Gasteiger partial charge on any atom is -0.394 e. The lowest BCUT2D eigenvalue weighted by molar-refractivity contribution is -0.138. The SMILES string of the molecule is Nc1cnn2c1NCCC2c1ccccc1C(F)(F)F. The third-order valence-electron chi connectivity index (χ3n) is 3.45. The number of nitrogens with zero attached hydrogens (tertiary/aromatic N) is 2. The molecule has 2 aromatic rings. The third-order valence-corrected chi connectivity index (χ3v) is 3.45. The highest BCUT2D eigenvalue weighted by Gasteiger charge is 2.36. The summed E-state index contributed by atoms with van der Waals surface area (Å²) in [6.07, 6.45) is -2.39. The first-order valence-corrected chi connectivity index (χ1v) is 6.21. The molecule has 0 amide bonds. The molecule has 3 N–H and O–H groups in total. The van der Waals surface area contributed by atoms with Crippen LogP contribution in [0.25, 0.3) is 0 Å². The minimum absolute atomic E-state index is 0.228. The molecular formula is C13H13F3N4. The van der Waals surface area contributed by atoms with Gasteiger partial charge in [-0.05, 0) is 18.1 Å². The molecular weight excluding hydrogens is 269 g/mol. The number of hydrogen-bond acceptors (Lipinski definition) is 3. The number of nitrogens with two attached hydrogens (primary N) is 1. The van der Waals surface area contributed by atoms with E-state index in [9.17, 15) is 13.2 Å². The molecule has 1 aliphatic rings. The van der Waals surface area contributed by atoms with Crippen molar-refractivity contribution in [2.24, 2.45) is 0 Å². The van der Waals surface area contributed by atoms with Crippen LogP contribution < -0.4 is 11.1 Å². The molecule has 0 fully saturated rings. The van der Waals surface area contributed by atoms with Crippen LogP contribution in [0.3, 0.4) is 0 Å².